The molecule has 0 saturated heterocycles. The van der Waals surface area contributed by atoms with Gasteiger partial charge in [-0.15, -0.1) is 0 Å². The minimum atomic E-state index is -4.16. The largest absolute Gasteiger partial charge is 0.352 e. The summed E-state index contributed by atoms with van der Waals surface area (Å²) in [4.78, 5) is 29.5. The molecule has 2 amide bonds. The highest BCUT2D eigenvalue weighted by Crippen LogP contribution is 2.29. The van der Waals surface area contributed by atoms with Crippen molar-refractivity contribution in [3.05, 3.63) is 130 Å². The Bertz CT molecular complexity index is 1620. The Labute approximate surface area is 263 Å². The molecule has 0 heterocycles. The molecule has 224 valence electrons. The van der Waals surface area contributed by atoms with E-state index in [2.05, 4.69) is 5.32 Å². The van der Waals surface area contributed by atoms with Crippen LogP contribution in [0.3, 0.4) is 0 Å². The third-order valence-electron chi connectivity index (χ3n) is 6.75. The number of para-hydroxylation sites is 1. The van der Waals surface area contributed by atoms with E-state index < -0.39 is 28.5 Å². The first kappa shape index (κ1) is 32.1. The van der Waals surface area contributed by atoms with Crippen molar-refractivity contribution in [1.29, 1.82) is 0 Å². The van der Waals surface area contributed by atoms with Crippen molar-refractivity contribution < 1.29 is 18.0 Å². The number of carbonyl (C=O) groups excluding carboxylic acids is 2. The van der Waals surface area contributed by atoms with Gasteiger partial charge in [0, 0.05) is 34.6 Å². The first-order valence-corrected chi connectivity index (χ1v) is 16.0. The zero-order valence-electron chi connectivity index (χ0n) is 23.9. The topological polar surface area (TPSA) is 86.8 Å². The first-order valence-electron chi connectivity index (χ1n) is 13.8. The van der Waals surface area contributed by atoms with Crippen LogP contribution in [0.25, 0.3) is 0 Å². The third-order valence-corrected chi connectivity index (χ3v) is 9.24. The average molecular weight is 639 g/mol. The summed E-state index contributed by atoms with van der Waals surface area (Å²) in [5.74, 6) is -0.980. The van der Waals surface area contributed by atoms with Crippen molar-refractivity contribution in [1.82, 2.24) is 10.2 Å². The van der Waals surface area contributed by atoms with Crippen LogP contribution >= 0.6 is 23.2 Å². The third kappa shape index (κ3) is 8.16. The van der Waals surface area contributed by atoms with Crippen LogP contribution in [-0.4, -0.2) is 43.8 Å². The molecule has 7 nitrogen and oxygen atoms in total. The van der Waals surface area contributed by atoms with Crippen molar-refractivity contribution in [3.8, 4) is 0 Å². The SMILES string of the molecule is CC(C)NC(=O)[C@H](Cc1ccccc1)N(Cc1c(Cl)cccc1Cl)C(=O)CN(c1ccccc1)S(=O)(=O)c1ccccc1. The van der Waals surface area contributed by atoms with E-state index in [9.17, 15) is 18.0 Å². The molecule has 0 radical (unpaired) electrons. The molecule has 10 heteroatoms. The van der Waals surface area contributed by atoms with Crippen molar-refractivity contribution in [2.45, 2.75) is 43.8 Å². The van der Waals surface area contributed by atoms with Crippen LogP contribution in [0.2, 0.25) is 10.0 Å². The monoisotopic (exact) mass is 637 g/mol. The number of hydrogen-bond donors (Lipinski definition) is 1. The van der Waals surface area contributed by atoms with E-state index in [0.717, 1.165) is 9.87 Å². The van der Waals surface area contributed by atoms with Crippen LogP contribution in [0.15, 0.2) is 114 Å². The fourth-order valence-corrected chi connectivity index (χ4v) is 6.58. The Morgan fingerprint density at radius 2 is 1.30 bits per heavy atom. The van der Waals surface area contributed by atoms with Gasteiger partial charge in [-0.2, -0.15) is 0 Å². The Balaban J connectivity index is 1.82. The molecule has 43 heavy (non-hydrogen) atoms. The minimum Gasteiger partial charge on any atom is -0.352 e. The van der Waals surface area contributed by atoms with Gasteiger partial charge < -0.3 is 10.2 Å². The molecule has 0 saturated carbocycles. The van der Waals surface area contributed by atoms with Crippen molar-refractivity contribution in [2.75, 3.05) is 10.8 Å². The van der Waals surface area contributed by atoms with Gasteiger partial charge in [-0.3, -0.25) is 13.9 Å². The van der Waals surface area contributed by atoms with Crippen molar-refractivity contribution in [3.63, 3.8) is 0 Å². The molecular weight excluding hydrogens is 605 g/mol. The van der Waals surface area contributed by atoms with E-state index in [1.807, 2.05) is 44.2 Å². The maximum absolute atomic E-state index is 14.4. The second-order valence-electron chi connectivity index (χ2n) is 10.3. The number of hydrogen-bond acceptors (Lipinski definition) is 4. The molecule has 1 atom stereocenters. The van der Waals surface area contributed by atoms with Gasteiger partial charge in [-0.05, 0) is 55.8 Å². The van der Waals surface area contributed by atoms with E-state index in [-0.39, 0.29) is 29.8 Å². The number of sulfonamides is 1. The maximum atomic E-state index is 14.4. The molecule has 0 fully saturated rings. The van der Waals surface area contributed by atoms with Gasteiger partial charge in [0.25, 0.3) is 10.0 Å². The minimum absolute atomic E-state index is 0.0331. The number of amides is 2. The Hall–Kier alpha value is -3.85. The quantitative estimate of drug-likeness (QED) is 0.196. The van der Waals surface area contributed by atoms with Crippen LogP contribution in [0, 0.1) is 0 Å². The summed E-state index contributed by atoms with van der Waals surface area (Å²) in [6, 6.07) is 29.4. The number of anilines is 1. The number of nitrogens with one attached hydrogen (secondary N) is 1. The van der Waals surface area contributed by atoms with E-state index >= 15 is 0 Å². The lowest BCUT2D eigenvalue weighted by molar-refractivity contribution is -0.140. The van der Waals surface area contributed by atoms with Gasteiger partial charge in [0.15, 0.2) is 0 Å². The fraction of sp³-hybridized carbons (Fsp3) is 0.212. The number of carbonyl (C=O) groups is 2. The van der Waals surface area contributed by atoms with Gasteiger partial charge in [-0.25, -0.2) is 8.42 Å². The van der Waals surface area contributed by atoms with E-state index in [0.29, 0.717) is 21.3 Å². The summed E-state index contributed by atoms with van der Waals surface area (Å²) in [5.41, 5.74) is 1.58. The fourth-order valence-electron chi connectivity index (χ4n) is 4.63. The van der Waals surface area contributed by atoms with E-state index in [4.69, 9.17) is 23.2 Å². The molecule has 0 spiro atoms. The molecule has 1 N–H and O–H groups in total. The molecule has 4 aromatic rings. The van der Waals surface area contributed by atoms with E-state index in [1.54, 1.807) is 66.7 Å². The lowest BCUT2D eigenvalue weighted by Gasteiger charge is -2.34. The Morgan fingerprint density at radius 1 is 0.767 bits per heavy atom. The zero-order valence-corrected chi connectivity index (χ0v) is 26.2. The molecule has 0 aliphatic rings. The van der Waals surface area contributed by atoms with Crippen molar-refractivity contribution >= 4 is 50.7 Å². The second-order valence-corrected chi connectivity index (χ2v) is 12.9. The van der Waals surface area contributed by atoms with Gasteiger partial charge >= 0.3 is 0 Å². The average Bonchev–Trinajstić information content (AvgIpc) is 2.99. The normalized spacial score (nSPS) is 12.0. The lowest BCUT2D eigenvalue weighted by Crippen LogP contribution is -2.54. The Morgan fingerprint density at radius 3 is 1.86 bits per heavy atom. The van der Waals surface area contributed by atoms with Gasteiger partial charge in [0.05, 0.1) is 10.6 Å². The van der Waals surface area contributed by atoms with Gasteiger partial charge in [0.2, 0.25) is 11.8 Å². The molecule has 0 aliphatic carbocycles. The molecule has 4 rings (SSSR count). The summed E-state index contributed by atoms with van der Waals surface area (Å²) in [7, 11) is -4.16. The first-order chi connectivity index (χ1) is 20.6. The van der Waals surface area contributed by atoms with Crippen LogP contribution in [0.4, 0.5) is 5.69 Å². The summed E-state index contributed by atoms with van der Waals surface area (Å²) < 4.78 is 28.9. The highest BCUT2D eigenvalue weighted by atomic mass is 35.5. The van der Waals surface area contributed by atoms with Crippen LogP contribution < -0.4 is 9.62 Å². The molecular formula is C33H33Cl2N3O4S. The number of benzene rings is 4. The number of rotatable bonds is 12. The molecule has 0 unspecified atom stereocenters. The summed E-state index contributed by atoms with van der Waals surface area (Å²) in [6.45, 7) is 2.98. The molecule has 4 aromatic carbocycles. The van der Waals surface area contributed by atoms with Gasteiger partial charge in [0.1, 0.15) is 12.6 Å². The predicted octanol–water partition coefficient (Wildman–Crippen LogP) is 6.35. The number of halogens is 2. The van der Waals surface area contributed by atoms with Crippen LogP contribution in [0.1, 0.15) is 25.0 Å². The highest BCUT2D eigenvalue weighted by Gasteiger charge is 2.35. The smallest absolute Gasteiger partial charge is 0.264 e. The second kappa shape index (κ2) is 14.6. The van der Waals surface area contributed by atoms with Crippen LogP contribution in [-0.2, 0) is 32.6 Å². The van der Waals surface area contributed by atoms with Crippen LogP contribution in [0.5, 0.6) is 0 Å². The standard InChI is InChI=1S/C33H33Cl2N3O4S/c1-24(2)36-33(40)31(21-25-13-6-3-7-14-25)37(22-28-29(34)19-12-20-30(28)35)32(39)23-38(26-15-8-4-9-16-26)43(41,42)27-17-10-5-11-18-27/h3-20,24,31H,21-23H2,1-2H3,(H,36,40)/t31-/m0/s1. The Kier molecular flexibility index (Phi) is 10.9. The van der Waals surface area contributed by atoms with Crippen molar-refractivity contribution in [2.24, 2.45) is 0 Å². The molecule has 0 aromatic heterocycles. The predicted molar refractivity (Wildman–Crippen MR) is 172 cm³/mol. The summed E-state index contributed by atoms with van der Waals surface area (Å²) in [5, 5.41) is 3.57. The summed E-state index contributed by atoms with van der Waals surface area (Å²) in [6.07, 6.45) is 0.185. The zero-order chi connectivity index (χ0) is 31.0. The van der Waals surface area contributed by atoms with Gasteiger partial charge in [-0.1, -0.05) is 96.0 Å². The summed E-state index contributed by atoms with van der Waals surface area (Å²) >= 11 is 13.1. The van der Waals surface area contributed by atoms with E-state index in [1.165, 1.54) is 17.0 Å². The maximum Gasteiger partial charge on any atom is 0.264 e. The number of nitrogens with zero attached hydrogens (tertiary/aromatic N) is 2. The molecule has 0 aliphatic heterocycles. The highest BCUT2D eigenvalue weighted by molar-refractivity contribution is 7.92. The molecule has 0 bridgehead atoms. The lowest BCUT2D eigenvalue weighted by atomic mass is 10.0.